The maximum Gasteiger partial charge on any atom is 2.00 e. The fourth-order valence-electron chi connectivity index (χ4n) is 0.300. The molecule has 0 aromatic carbocycles. The molecule has 0 rings (SSSR count). The predicted octanol–water partition coefficient (Wildman–Crippen LogP) is -6.69. The zero-order valence-corrected chi connectivity index (χ0v) is 10.5. The van der Waals surface area contributed by atoms with Crippen molar-refractivity contribution in [2.75, 3.05) is 34.3 Å². The van der Waals surface area contributed by atoms with Crippen LogP contribution in [0, 0.1) is 0 Å². The van der Waals surface area contributed by atoms with Gasteiger partial charge in [0, 0.05) is 0 Å². The second-order valence-corrected chi connectivity index (χ2v) is 2.74. The Morgan fingerprint density at radius 2 is 1.40 bits per heavy atom. The van der Waals surface area contributed by atoms with E-state index in [0.29, 0.717) is 0 Å². The predicted molar refractivity (Wildman–Crippen MR) is 35.7 cm³/mol. The summed E-state index contributed by atoms with van der Waals surface area (Å²) in [6.07, 6.45) is 0. The minimum Gasteiger partial charge on any atom is -1.00 e. The SMILES string of the molecule is C[N+](C)(C)CCO.[Ca+2].[Cl-].[Cl-]. The molecule has 0 saturated carbocycles. The van der Waals surface area contributed by atoms with Crippen LogP contribution in [0.25, 0.3) is 0 Å². The number of hydrogen-bond acceptors (Lipinski definition) is 1. The molecule has 0 fully saturated rings. The van der Waals surface area contributed by atoms with Gasteiger partial charge in [0.1, 0.15) is 6.54 Å². The zero-order chi connectivity index (χ0) is 5.91. The number of rotatable bonds is 2. The molecule has 0 amide bonds. The Bertz CT molecular complexity index is 58.1. The van der Waals surface area contributed by atoms with Crippen LogP contribution >= 0.6 is 0 Å². The van der Waals surface area contributed by atoms with Gasteiger partial charge in [0.2, 0.25) is 0 Å². The summed E-state index contributed by atoms with van der Waals surface area (Å²) in [5.41, 5.74) is 0. The van der Waals surface area contributed by atoms with Crippen LogP contribution in [0.15, 0.2) is 0 Å². The Labute approximate surface area is 105 Å². The van der Waals surface area contributed by atoms with Crippen LogP contribution in [0.3, 0.4) is 0 Å². The molecule has 2 nitrogen and oxygen atoms in total. The zero-order valence-electron chi connectivity index (χ0n) is 6.77. The molecule has 5 heteroatoms. The average molecular weight is 215 g/mol. The summed E-state index contributed by atoms with van der Waals surface area (Å²) >= 11 is 0. The first-order chi connectivity index (χ1) is 3.06. The van der Waals surface area contributed by atoms with Gasteiger partial charge in [-0.3, -0.25) is 0 Å². The largest absolute Gasteiger partial charge is 2.00 e. The van der Waals surface area contributed by atoms with E-state index in [9.17, 15) is 0 Å². The van der Waals surface area contributed by atoms with Crippen molar-refractivity contribution in [1.82, 2.24) is 0 Å². The van der Waals surface area contributed by atoms with Crippen molar-refractivity contribution in [2.24, 2.45) is 0 Å². The van der Waals surface area contributed by atoms with Crippen LogP contribution in [0.5, 0.6) is 0 Å². The van der Waals surface area contributed by atoms with Crippen molar-refractivity contribution in [2.45, 2.75) is 0 Å². The molecule has 0 bridgehead atoms. The van der Waals surface area contributed by atoms with Crippen molar-refractivity contribution < 1.29 is 34.4 Å². The fourth-order valence-corrected chi connectivity index (χ4v) is 0.300. The maximum absolute atomic E-state index is 8.39. The number of likely N-dealkylation sites (N-methyl/N-ethyl adjacent to an activating group) is 1. The van der Waals surface area contributed by atoms with Gasteiger partial charge in [-0.05, 0) is 0 Å². The summed E-state index contributed by atoms with van der Waals surface area (Å²) < 4.78 is 0.844. The van der Waals surface area contributed by atoms with E-state index in [0.717, 1.165) is 11.0 Å². The molecule has 0 aliphatic heterocycles. The standard InChI is InChI=1S/C5H14NO.Ca.2ClH/c1-6(2,3)4-5-7;;;/h7H,4-5H2,1-3H3;;2*1H/q+1;+2;;/p-2. The smallest absolute Gasteiger partial charge is 1.00 e. The molecule has 0 radical (unpaired) electrons. The number of halogens is 2. The number of aliphatic hydroxyl groups is 1. The van der Waals surface area contributed by atoms with E-state index in [2.05, 4.69) is 21.1 Å². The van der Waals surface area contributed by atoms with Crippen LogP contribution in [0.1, 0.15) is 0 Å². The van der Waals surface area contributed by atoms with Crippen molar-refractivity contribution in [3.8, 4) is 0 Å². The van der Waals surface area contributed by atoms with Crippen molar-refractivity contribution in [3.63, 3.8) is 0 Å². The van der Waals surface area contributed by atoms with Gasteiger partial charge in [-0.1, -0.05) is 0 Å². The molecular formula is C5H14CaCl2NO+. The third kappa shape index (κ3) is 22.6. The first-order valence-corrected chi connectivity index (χ1v) is 2.47. The Morgan fingerprint density at radius 1 is 1.10 bits per heavy atom. The summed E-state index contributed by atoms with van der Waals surface area (Å²) in [4.78, 5) is 0. The number of hydrogen-bond donors (Lipinski definition) is 1. The van der Waals surface area contributed by atoms with E-state index in [-0.39, 0.29) is 69.2 Å². The summed E-state index contributed by atoms with van der Waals surface area (Å²) in [6.45, 7) is 1.11. The van der Waals surface area contributed by atoms with Crippen LogP contribution in [-0.2, 0) is 0 Å². The van der Waals surface area contributed by atoms with Gasteiger partial charge in [0.25, 0.3) is 0 Å². The average Bonchev–Trinajstić information content (AvgIpc) is 1.30. The Kier molecular flexibility index (Phi) is 24.3. The van der Waals surface area contributed by atoms with Gasteiger partial charge < -0.3 is 34.4 Å². The third-order valence-electron chi connectivity index (χ3n) is 0.771. The van der Waals surface area contributed by atoms with Gasteiger partial charge in [-0.2, -0.15) is 0 Å². The van der Waals surface area contributed by atoms with Crippen LogP contribution in [0.4, 0.5) is 0 Å². The molecule has 0 aromatic heterocycles. The van der Waals surface area contributed by atoms with E-state index in [1.165, 1.54) is 0 Å². The topological polar surface area (TPSA) is 20.2 Å². The Morgan fingerprint density at radius 3 is 1.40 bits per heavy atom. The van der Waals surface area contributed by atoms with E-state index in [4.69, 9.17) is 5.11 Å². The van der Waals surface area contributed by atoms with Gasteiger partial charge in [-0.25, -0.2) is 0 Å². The molecule has 0 saturated heterocycles. The number of quaternary nitrogens is 1. The molecule has 60 valence electrons. The van der Waals surface area contributed by atoms with Gasteiger partial charge in [-0.15, -0.1) is 0 Å². The van der Waals surface area contributed by atoms with Crippen LogP contribution in [0.2, 0.25) is 0 Å². The molecule has 0 aliphatic carbocycles. The fraction of sp³-hybridized carbons (Fsp3) is 1.00. The quantitative estimate of drug-likeness (QED) is 0.359. The van der Waals surface area contributed by atoms with Crippen molar-refractivity contribution >= 4 is 37.7 Å². The molecule has 0 aliphatic rings. The molecule has 0 atom stereocenters. The molecule has 0 spiro atoms. The summed E-state index contributed by atoms with van der Waals surface area (Å²) in [5, 5.41) is 8.39. The monoisotopic (exact) mass is 214 g/mol. The van der Waals surface area contributed by atoms with Crippen LogP contribution < -0.4 is 24.8 Å². The normalized spacial score (nSPS) is 8.40. The molecule has 0 aromatic rings. The summed E-state index contributed by atoms with van der Waals surface area (Å²) in [6, 6.07) is 0. The Hall–Kier alpha value is 1.76. The molecule has 10 heavy (non-hydrogen) atoms. The number of aliphatic hydroxyl groups excluding tert-OH is 1. The van der Waals surface area contributed by atoms with E-state index in [1.54, 1.807) is 0 Å². The first kappa shape index (κ1) is 22.6. The Balaban J connectivity index is -0.0000000600. The van der Waals surface area contributed by atoms with E-state index in [1.807, 2.05) is 0 Å². The summed E-state index contributed by atoms with van der Waals surface area (Å²) in [5.74, 6) is 0. The molecule has 0 unspecified atom stereocenters. The van der Waals surface area contributed by atoms with Gasteiger partial charge in [0.05, 0.1) is 27.7 Å². The first-order valence-electron chi connectivity index (χ1n) is 2.47. The second-order valence-electron chi connectivity index (χ2n) is 2.74. The molecular weight excluding hydrogens is 201 g/mol. The van der Waals surface area contributed by atoms with Gasteiger partial charge in [0.15, 0.2) is 0 Å². The van der Waals surface area contributed by atoms with Crippen molar-refractivity contribution in [3.05, 3.63) is 0 Å². The third-order valence-corrected chi connectivity index (χ3v) is 0.771. The van der Waals surface area contributed by atoms with Crippen LogP contribution in [-0.4, -0.2) is 81.6 Å². The minimum atomic E-state index is 0. The summed E-state index contributed by atoms with van der Waals surface area (Å²) in [7, 11) is 6.16. The van der Waals surface area contributed by atoms with Crippen molar-refractivity contribution in [1.29, 1.82) is 0 Å². The number of nitrogens with zero attached hydrogens (tertiary/aromatic N) is 1. The molecule has 0 heterocycles. The van der Waals surface area contributed by atoms with Gasteiger partial charge >= 0.3 is 37.7 Å². The maximum atomic E-state index is 8.39. The minimum absolute atomic E-state index is 0. The van der Waals surface area contributed by atoms with E-state index >= 15 is 0 Å². The molecule has 1 N–H and O–H groups in total. The second kappa shape index (κ2) is 10.8. The van der Waals surface area contributed by atoms with E-state index < -0.39 is 0 Å².